The van der Waals surface area contributed by atoms with Crippen LogP contribution in [0, 0.1) is 0 Å². The molecular weight excluding hydrogens is 196 g/mol. The molecule has 0 saturated carbocycles. The van der Waals surface area contributed by atoms with Crippen LogP contribution in [-0.4, -0.2) is 37.6 Å². The van der Waals surface area contributed by atoms with Crippen molar-refractivity contribution in [1.29, 1.82) is 0 Å². The predicted molar refractivity (Wildman–Crippen MR) is 74.0 cm³/mol. The van der Waals surface area contributed by atoms with Crippen LogP contribution in [0.4, 0.5) is 0 Å². The van der Waals surface area contributed by atoms with Gasteiger partial charge in [0.05, 0.1) is 0 Å². The molecule has 98 valence electrons. The van der Waals surface area contributed by atoms with Gasteiger partial charge in [-0.25, -0.2) is 0 Å². The van der Waals surface area contributed by atoms with Gasteiger partial charge in [-0.3, -0.25) is 0 Å². The first kappa shape index (κ1) is 15.9. The fourth-order valence-electron chi connectivity index (χ4n) is 2.01. The molecule has 2 unspecified atom stereocenters. The van der Waals surface area contributed by atoms with Crippen LogP contribution in [-0.2, 0) is 0 Å². The molecule has 0 fully saturated rings. The first-order valence-electron chi connectivity index (χ1n) is 7.01. The molecule has 0 spiro atoms. The summed E-state index contributed by atoms with van der Waals surface area (Å²) >= 11 is 0. The Hall–Kier alpha value is -0.0800. The Morgan fingerprint density at radius 2 is 1.75 bits per heavy atom. The molecule has 0 amide bonds. The minimum Gasteiger partial charge on any atom is -0.313 e. The molecule has 0 heterocycles. The molecule has 0 saturated heterocycles. The molecule has 0 aromatic heterocycles. The molecule has 1 N–H and O–H groups in total. The van der Waals surface area contributed by atoms with Crippen LogP contribution in [0.3, 0.4) is 0 Å². The van der Waals surface area contributed by atoms with Gasteiger partial charge >= 0.3 is 0 Å². The number of hydrogen-bond donors (Lipinski definition) is 1. The average Bonchev–Trinajstić information content (AvgIpc) is 2.25. The quantitative estimate of drug-likeness (QED) is 0.577. The summed E-state index contributed by atoms with van der Waals surface area (Å²) in [4.78, 5) is 2.32. The highest BCUT2D eigenvalue weighted by Crippen LogP contribution is 2.06. The van der Waals surface area contributed by atoms with Gasteiger partial charge in [-0.15, -0.1) is 0 Å². The number of likely N-dealkylation sites (N-methyl/N-ethyl adjacent to an activating group) is 1. The van der Waals surface area contributed by atoms with Crippen LogP contribution in [0.2, 0.25) is 0 Å². The molecule has 0 rings (SSSR count). The summed E-state index contributed by atoms with van der Waals surface area (Å²) in [6.07, 6.45) is 8.04. The molecule has 0 bridgehead atoms. The smallest absolute Gasteiger partial charge is 0.0212 e. The highest BCUT2D eigenvalue weighted by atomic mass is 15.1. The second-order valence-corrected chi connectivity index (χ2v) is 5.18. The van der Waals surface area contributed by atoms with E-state index < -0.39 is 0 Å². The monoisotopic (exact) mass is 228 g/mol. The first-order valence-corrected chi connectivity index (χ1v) is 7.01. The first-order chi connectivity index (χ1) is 7.61. The maximum atomic E-state index is 3.65. The maximum Gasteiger partial charge on any atom is 0.0212 e. The van der Waals surface area contributed by atoms with Crippen LogP contribution in [0.25, 0.3) is 0 Å². The Kier molecular flexibility index (Phi) is 10.0. The van der Waals surface area contributed by atoms with Gasteiger partial charge in [0, 0.05) is 18.6 Å². The van der Waals surface area contributed by atoms with Gasteiger partial charge in [0.25, 0.3) is 0 Å². The molecule has 0 aromatic rings. The van der Waals surface area contributed by atoms with E-state index >= 15 is 0 Å². The Bertz CT molecular complexity index is 146. The molecule has 2 heteroatoms. The van der Waals surface area contributed by atoms with E-state index in [1.54, 1.807) is 0 Å². The lowest BCUT2D eigenvalue weighted by Gasteiger charge is -2.25. The summed E-state index contributed by atoms with van der Waals surface area (Å²) in [6.45, 7) is 7.97. The second-order valence-electron chi connectivity index (χ2n) is 5.18. The average molecular weight is 228 g/mol. The zero-order valence-electron chi connectivity index (χ0n) is 12.1. The van der Waals surface area contributed by atoms with E-state index in [0.29, 0.717) is 12.1 Å². The van der Waals surface area contributed by atoms with E-state index in [2.05, 4.69) is 45.1 Å². The summed E-state index contributed by atoms with van der Waals surface area (Å²) in [7, 11) is 4.34. The number of nitrogens with zero attached hydrogens (tertiary/aromatic N) is 1. The largest absolute Gasteiger partial charge is 0.313 e. The normalized spacial score (nSPS) is 15.4. The van der Waals surface area contributed by atoms with E-state index in [-0.39, 0.29) is 0 Å². The lowest BCUT2D eigenvalue weighted by atomic mass is 10.1. The maximum absolute atomic E-state index is 3.65. The number of unbranched alkanes of at least 4 members (excludes halogenated alkanes) is 3. The van der Waals surface area contributed by atoms with E-state index in [4.69, 9.17) is 0 Å². The third-order valence-corrected chi connectivity index (χ3v) is 3.39. The Labute approximate surface area is 103 Å². The molecule has 2 atom stereocenters. The molecule has 0 aliphatic carbocycles. The summed E-state index contributed by atoms with van der Waals surface area (Å²) < 4.78 is 0. The van der Waals surface area contributed by atoms with Crippen LogP contribution in [0.5, 0.6) is 0 Å². The number of nitrogens with one attached hydrogen (secondary N) is 1. The van der Waals surface area contributed by atoms with Gasteiger partial charge in [-0.1, -0.05) is 39.5 Å². The highest BCUT2D eigenvalue weighted by molar-refractivity contribution is 4.70. The topological polar surface area (TPSA) is 15.3 Å². The van der Waals surface area contributed by atoms with Gasteiger partial charge < -0.3 is 10.2 Å². The van der Waals surface area contributed by atoms with Crippen molar-refractivity contribution in [2.45, 2.75) is 71.4 Å². The SMILES string of the molecule is CCCCCCC(C)NCC(CC)N(C)C. The summed E-state index contributed by atoms with van der Waals surface area (Å²) in [5, 5.41) is 3.65. The number of hydrogen-bond acceptors (Lipinski definition) is 2. The molecule has 0 aliphatic heterocycles. The van der Waals surface area contributed by atoms with Crippen LogP contribution < -0.4 is 5.32 Å². The Morgan fingerprint density at radius 3 is 2.25 bits per heavy atom. The third kappa shape index (κ3) is 8.12. The van der Waals surface area contributed by atoms with Gasteiger partial charge in [-0.2, -0.15) is 0 Å². The van der Waals surface area contributed by atoms with Gasteiger partial charge in [-0.05, 0) is 33.9 Å². The van der Waals surface area contributed by atoms with E-state index in [0.717, 1.165) is 6.54 Å². The van der Waals surface area contributed by atoms with Crippen molar-refractivity contribution in [2.75, 3.05) is 20.6 Å². The summed E-state index contributed by atoms with van der Waals surface area (Å²) in [5.41, 5.74) is 0. The second kappa shape index (κ2) is 10.1. The molecule has 16 heavy (non-hydrogen) atoms. The number of rotatable bonds is 10. The van der Waals surface area contributed by atoms with Crippen molar-refractivity contribution in [3.8, 4) is 0 Å². The zero-order chi connectivity index (χ0) is 12.4. The van der Waals surface area contributed by atoms with Crippen LogP contribution in [0.1, 0.15) is 59.3 Å². The van der Waals surface area contributed by atoms with Crippen molar-refractivity contribution in [3.05, 3.63) is 0 Å². The van der Waals surface area contributed by atoms with Crippen molar-refractivity contribution in [3.63, 3.8) is 0 Å². The minimum atomic E-state index is 0.672. The minimum absolute atomic E-state index is 0.672. The zero-order valence-corrected chi connectivity index (χ0v) is 12.1. The molecule has 2 nitrogen and oxygen atoms in total. The van der Waals surface area contributed by atoms with Crippen LogP contribution in [0.15, 0.2) is 0 Å². The summed E-state index contributed by atoms with van der Waals surface area (Å²) in [6, 6.07) is 1.35. The van der Waals surface area contributed by atoms with Crippen molar-refractivity contribution in [1.82, 2.24) is 10.2 Å². The standard InChI is InChI=1S/C14H32N2/c1-6-8-9-10-11-13(3)15-12-14(7-2)16(4)5/h13-15H,6-12H2,1-5H3. The Morgan fingerprint density at radius 1 is 1.06 bits per heavy atom. The third-order valence-electron chi connectivity index (χ3n) is 3.39. The van der Waals surface area contributed by atoms with Gasteiger partial charge in [0.2, 0.25) is 0 Å². The fraction of sp³-hybridized carbons (Fsp3) is 1.00. The lowest BCUT2D eigenvalue weighted by Crippen LogP contribution is -2.40. The van der Waals surface area contributed by atoms with Gasteiger partial charge in [0.1, 0.15) is 0 Å². The van der Waals surface area contributed by atoms with E-state index in [1.807, 2.05) is 0 Å². The van der Waals surface area contributed by atoms with Gasteiger partial charge in [0.15, 0.2) is 0 Å². The molecule has 0 radical (unpaired) electrons. The molecular formula is C14H32N2. The van der Waals surface area contributed by atoms with Crippen molar-refractivity contribution in [2.24, 2.45) is 0 Å². The predicted octanol–water partition coefficient (Wildman–Crippen LogP) is 3.28. The van der Waals surface area contributed by atoms with E-state index in [1.165, 1.54) is 38.5 Å². The van der Waals surface area contributed by atoms with Crippen molar-refractivity contribution >= 4 is 0 Å². The van der Waals surface area contributed by atoms with Crippen LogP contribution >= 0.6 is 0 Å². The summed E-state index contributed by atoms with van der Waals surface area (Å²) in [5.74, 6) is 0. The lowest BCUT2D eigenvalue weighted by molar-refractivity contribution is 0.267. The highest BCUT2D eigenvalue weighted by Gasteiger charge is 2.09. The molecule has 0 aliphatic rings. The van der Waals surface area contributed by atoms with E-state index in [9.17, 15) is 0 Å². The van der Waals surface area contributed by atoms with Crippen molar-refractivity contribution < 1.29 is 0 Å². The molecule has 0 aromatic carbocycles. The Balaban J connectivity index is 3.51. The fourth-order valence-corrected chi connectivity index (χ4v) is 2.01.